The van der Waals surface area contributed by atoms with E-state index in [9.17, 15) is 0 Å². The molecule has 0 aromatic heterocycles. The van der Waals surface area contributed by atoms with E-state index in [1.807, 2.05) is 7.11 Å². The largest absolute Gasteiger partial charge is 0.379 e. The van der Waals surface area contributed by atoms with Crippen molar-refractivity contribution < 1.29 is 4.74 Å². The monoisotopic (exact) mass is 289 g/mol. The molecule has 1 fully saturated rings. The molecule has 1 aromatic carbocycles. The molecule has 0 amide bonds. The van der Waals surface area contributed by atoms with Crippen LogP contribution in [0, 0.1) is 19.8 Å². The minimum atomic E-state index is 0.285. The standard InChI is InChI=1S/C19H31NO/c1-5-20-18(17-12-11-14(2)15(3)13-17)19(21-4)16-9-7-6-8-10-16/h11-13,16,18-20H,5-10H2,1-4H3. The lowest BCUT2D eigenvalue weighted by Crippen LogP contribution is -2.39. The summed E-state index contributed by atoms with van der Waals surface area (Å²) in [7, 11) is 1.88. The second kappa shape index (κ2) is 7.95. The highest BCUT2D eigenvalue weighted by Gasteiger charge is 2.31. The molecular formula is C19H31NO. The van der Waals surface area contributed by atoms with E-state index in [1.54, 1.807) is 0 Å². The number of hydrogen-bond donors (Lipinski definition) is 1. The van der Waals surface area contributed by atoms with Crippen LogP contribution in [-0.4, -0.2) is 19.8 Å². The fraction of sp³-hybridized carbons (Fsp3) is 0.684. The van der Waals surface area contributed by atoms with E-state index in [1.165, 1.54) is 48.8 Å². The number of methoxy groups -OCH3 is 1. The number of nitrogens with one attached hydrogen (secondary N) is 1. The van der Waals surface area contributed by atoms with Crippen molar-refractivity contribution in [3.63, 3.8) is 0 Å². The Balaban J connectivity index is 2.23. The summed E-state index contributed by atoms with van der Waals surface area (Å²) in [4.78, 5) is 0. The number of aryl methyl sites for hydroxylation is 2. The van der Waals surface area contributed by atoms with Crippen LogP contribution in [0.2, 0.25) is 0 Å². The number of hydrogen-bond acceptors (Lipinski definition) is 2. The van der Waals surface area contributed by atoms with Gasteiger partial charge in [0.05, 0.1) is 12.1 Å². The zero-order valence-corrected chi connectivity index (χ0v) is 14.1. The minimum absolute atomic E-state index is 0.285. The first-order valence-electron chi connectivity index (χ1n) is 8.50. The number of ether oxygens (including phenoxy) is 1. The molecule has 0 heterocycles. The van der Waals surface area contributed by atoms with E-state index < -0.39 is 0 Å². The summed E-state index contributed by atoms with van der Waals surface area (Å²) >= 11 is 0. The van der Waals surface area contributed by atoms with E-state index in [-0.39, 0.29) is 6.10 Å². The van der Waals surface area contributed by atoms with Crippen molar-refractivity contribution in [1.29, 1.82) is 0 Å². The fourth-order valence-corrected chi connectivity index (χ4v) is 3.67. The van der Waals surface area contributed by atoms with Gasteiger partial charge in [-0.15, -0.1) is 0 Å². The summed E-state index contributed by atoms with van der Waals surface area (Å²) in [6.45, 7) is 7.53. The zero-order chi connectivity index (χ0) is 15.2. The average Bonchev–Trinajstić information content (AvgIpc) is 2.51. The molecule has 1 aromatic rings. The molecule has 2 nitrogen and oxygen atoms in total. The van der Waals surface area contributed by atoms with Gasteiger partial charge in [0.15, 0.2) is 0 Å². The summed E-state index contributed by atoms with van der Waals surface area (Å²) < 4.78 is 5.97. The number of likely N-dealkylation sites (N-methyl/N-ethyl adjacent to an activating group) is 1. The number of rotatable bonds is 6. The van der Waals surface area contributed by atoms with Gasteiger partial charge in [0, 0.05) is 7.11 Å². The molecule has 0 aliphatic heterocycles. The van der Waals surface area contributed by atoms with Gasteiger partial charge in [0.1, 0.15) is 0 Å². The molecule has 1 aliphatic carbocycles. The summed E-state index contributed by atoms with van der Waals surface area (Å²) in [5.41, 5.74) is 4.10. The average molecular weight is 289 g/mol. The molecule has 1 saturated carbocycles. The summed E-state index contributed by atoms with van der Waals surface area (Å²) in [5, 5.41) is 3.67. The third kappa shape index (κ3) is 4.08. The highest BCUT2D eigenvalue weighted by molar-refractivity contribution is 5.32. The van der Waals surface area contributed by atoms with Gasteiger partial charge >= 0.3 is 0 Å². The predicted octanol–water partition coefficient (Wildman–Crippen LogP) is 4.55. The Morgan fingerprint density at radius 3 is 2.43 bits per heavy atom. The van der Waals surface area contributed by atoms with Crippen molar-refractivity contribution in [3.05, 3.63) is 34.9 Å². The van der Waals surface area contributed by atoms with E-state index in [4.69, 9.17) is 4.74 Å². The van der Waals surface area contributed by atoms with Crippen LogP contribution in [0.4, 0.5) is 0 Å². The zero-order valence-electron chi connectivity index (χ0n) is 14.1. The van der Waals surface area contributed by atoms with Crippen molar-refractivity contribution in [2.24, 2.45) is 5.92 Å². The lowest BCUT2D eigenvalue weighted by Gasteiger charge is -2.35. The van der Waals surface area contributed by atoms with Crippen LogP contribution in [0.3, 0.4) is 0 Å². The molecule has 0 saturated heterocycles. The quantitative estimate of drug-likeness (QED) is 0.829. The molecule has 1 aliphatic rings. The molecule has 0 bridgehead atoms. The van der Waals surface area contributed by atoms with Gasteiger partial charge in [-0.2, -0.15) is 0 Å². The maximum atomic E-state index is 5.97. The molecule has 0 radical (unpaired) electrons. The van der Waals surface area contributed by atoms with Crippen LogP contribution in [0.25, 0.3) is 0 Å². The predicted molar refractivity (Wildman–Crippen MR) is 89.7 cm³/mol. The molecular weight excluding hydrogens is 258 g/mol. The molecule has 118 valence electrons. The van der Waals surface area contributed by atoms with E-state index in [0.29, 0.717) is 12.0 Å². The van der Waals surface area contributed by atoms with Crippen molar-refractivity contribution >= 4 is 0 Å². The van der Waals surface area contributed by atoms with E-state index in [0.717, 1.165) is 6.54 Å². The highest BCUT2D eigenvalue weighted by atomic mass is 16.5. The first-order chi connectivity index (χ1) is 10.2. The highest BCUT2D eigenvalue weighted by Crippen LogP contribution is 2.34. The summed E-state index contributed by atoms with van der Waals surface area (Å²) in [5.74, 6) is 0.689. The second-order valence-electron chi connectivity index (χ2n) is 6.48. The first kappa shape index (κ1) is 16.5. The minimum Gasteiger partial charge on any atom is -0.379 e. The Labute approximate surface area is 130 Å². The van der Waals surface area contributed by atoms with E-state index in [2.05, 4.69) is 44.3 Å². The molecule has 1 N–H and O–H groups in total. The molecule has 2 unspecified atom stereocenters. The molecule has 21 heavy (non-hydrogen) atoms. The van der Waals surface area contributed by atoms with Gasteiger partial charge in [-0.3, -0.25) is 0 Å². The van der Waals surface area contributed by atoms with Crippen molar-refractivity contribution in [3.8, 4) is 0 Å². The van der Waals surface area contributed by atoms with E-state index >= 15 is 0 Å². The van der Waals surface area contributed by atoms with Gasteiger partial charge < -0.3 is 10.1 Å². The van der Waals surface area contributed by atoms with Gasteiger partial charge in [-0.25, -0.2) is 0 Å². The Hall–Kier alpha value is -0.860. The maximum absolute atomic E-state index is 5.97. The number of benzene rings is 1. The molecule has 2 atom stereocenters. The van der Waals surface area contributed by atoms with Crippen molar-refractivity contribution in [2.45, 2.75) is 65.0 Å². The first-order valence-corrected chi connectivity index (χ1v) is 8.50. The van der Waals surface area contributed by atoms with Crippen LogP contribution in [0.1, 0.15) is 61.8 Å². The fourth-order valence-electron chi connectivity index (χ4n) is 3.67. The van der Waals surface area contributed by atoms with Crippen molar-refractivity contribution in [2.75, 3.05) is 13.7 Å². The summed E-state index contributed by atoms with van der Waals surface area (Å²) in [6, 6.07) is 7.15. The lowest BCUT2D eigenvalue weighted by molar-refractivity contribution is 0.00791. The topological polar surface area (TPSA) is 21.3 Å². The molecule has 0 spiro atoms. The third-order valence-corrected chi connectivity index (χ3v) is 5.03. The molecule has 2 rings (SSSR count). The van der Waals surface area contributed by atoms with Crippen LogP contribution in [0.5, 0.6) is 0 Å². The Kier molecular flexibility index (Phi) is 6.25. The van der Waals surface area contributed by atoms with Crippen LogP contribution in [-0.2, 0) is 4.74 Å². The molecule has 2 heteroatoms. The Bertz CT molecular complexity index is 437. The smallest absolute Gasteiger partial charge is 0.0794 e. The lowest BCUT2D eigenvalue weighted by atomic mass is 9.80. The van der Waals surface area contributed by atoms with Gasteiger partial charge in [-0.05, 0) is 55.8 Å². The Morgan fingerprint density at radius 1 is 1.14 bits per heavy atom. The normalized spacial score (nSPS) is 19.4. The van der Waals surface area contributed by atoms with Crippen LogP contribution >= 0.6 is 0 Å². The van der Waals surface area contributed by atoms with Gasteiger partial charge in [0.25, 0.3) is 0 Å². The van der Waals surface area contributed by atoms with Gasteiger partial charge in [0.2, 0.25) is 0 Å². The van der Waals surface area contributed by atoms with Crippen LogP contribution < -0.4 is 5.32 Å². The second-order valence-corrected chi connectivity index (χ2v) is 6.48. The van der Waals surface area contributed by atoms with Gasteiger partial charge in [-0.1, -0.05) is 44.4 Å². The SMILES string of the molecule is CCNC(c1ccc(C)c(C)c1)C(OC)C1CCCCC1. The van der Waals surface area contributed by atoms with Crippen molar-refractivity contribution in [1.82, 2.24) is 5.32 Å². The summed E-state index contributed by atoms with van der Waals surface area (Å²) in [6.07, 6.45) is 7.01. The van der Waals surface area contributed by atoms with Crippen LogP contribution in [0.15, 0.2) is 18.2 Å². The Morgan fingerprint density at radius 2 is 1.86 bits per heavy atom. The third-order valence-electron chi connectivity index (χ3n) is 5.03. The maximum Gasteiger partial charge on any atom is 0.0794 e.